The molecule has 1 unspecified atom stereocenters. The van der Waals surface area contributed by atoms with Gasteiger partial charge in [-0.3, -0.25) is 0 Å². The summed E-state index contributed by atoms with van der Waals surface area (Å²) in [6.07, 6.45) is 2.10. The van der Waals surface area contributed by atoms with Crippen molar-refractivity contribution in [3.63, 3.8) is 0 Å². The Kier molecular flexibility index (Phi) is 4.34. The molecule has 0 bridgehead atoms. The van der Waals surface area contributed by atoms with E-state index in [9.17, 15) is 0 Å². The van der Waals surface area contributed by atoms with Crippen molar-refractivity contribution < 1.29 is 0 Å². The second-order valence-electron chi connectivity index (χ2n) is 3.12. The van der Waals surface area contributed by atoms with Crippen LogP contribution in [0.2, 0.25) is 0 Å². The SMILES string of the molecule is CSC(C)CNc1cccc(C#N)c1. The van der Waals surface area contributed by atoms with Crippen molar-refractivity contribution in [1.29, 1.82) is 5.26 Å². The summed E-state index contributed by atoms with van der Waals surface area (Å²) in [4.78, 5) is 0. The molecule has 0 amide bonds. The molecule has 3 heteroatoms. The van der Waals surface area contributed by atoms with Crippen molar-refractivity contribution >= 4 is 17.4 Å². The van der Waals surface area contributed by atoms with Gasteiger partial charge in [0, 0.05) is 17.5 Å². The van der Waals surface area contributed by atoms with E-state index in [1.54, 1.807) is 0 Å². The second-order valence-corrected chi connectivity index (χ2v) is 4.40. The molecule has 1 atom stereocenters. The fourth-order valence-electron chi connectivity index (χ4n) is 1.04. The zero-order chi connectivity index (χ0) is 10.4. The Morgan fingerprint density at radius 1 is 1.57 bits per heavy atom. The lowest BCUT2D eigenvalue weighted by molar-refractivity contribution is 1.00. The monoisotopic (exact) mass is 206 g/mol. The molecule has 0 saturated heterocycles. The molecule has 2 nitrogen and oxygen atoms in total. The first-order valence-electron chi connectivity index (χ1n) is 4.53. The molecule has 1 aromatic carbocycles. The van der Waals surface area contributed by atoms with E-state index in [1.165, 1.54) is 0 Å². The quantitative estimate of drug-likeness (QED) is 0.822. The number of thioether (sulfide) groups is 1. The Bertz CT molecular complexity index is 330. The highest BCUT2D eigenvalue weighted by Crippen LogP contribution is 2.11. The van der Waals surface area contributed by atoms with E-state index in [2.05, 4.69) is 24.6 Å². The summed E-state index contributed by atoms with van der Waals surface area (Å²) in [6, 6.07) is 9.67. The summed E-state index contributed by atoms with van der Waals surface area (Å²) in [7, 11) is 0. The third-order valence-electron chi connectivity index (χ3n) is 1.99. The third kappa shape index (κ3) is 3.31. The summed E-state index contributed by atoms with van der Waals surface area (Å²) < 4.78 is 0. The smallest absolute Gasteiger partial charge is 0.0992 e. The number of hydrogen-bond acceptors (Lipinski definition) is 3. The average molecular weight is 206 g/mol. The van der Waals surface area contributed by atoms with Gasteiger partial charge in [0.25, 0.3) is 0 Å². The molecular weight excluding hydrogens is 192 g/mol. The summed E-state index contributed by atoms with van der Waals surface area (Å²) in [5.74, 6) is 0. The Morgan fingerprint density at radius 3 is 3.00 bits per heavy atom. The molecule has 0 aromatic heterocycles. The topological polar surface area (TPSA) is 35.8 Å². The van der Waals surface area contributed by atoms with Crippen molar-refractivity contribution in [2.75, 3.05) is 18.1 Å². The van der Waals surface area contributed by atoms with Gasteiger partial charge in [-0.15, -0.1) is 0 Å². The number of nitrogens with zero attached hydrogens (tertiary/aromatic N) is 1. The van der Waals surface area contributed by atoms with Crippen molar-refractivity contribution in [2.24, 2.45) is 0 Å². The molecule has 0 aliphatic carbocycles. The Labute approximate surface area is 89.3 Å². The molecule has 1 N–H and O–H groups in total. The maximum atomic E-state index is 8.70. The van der Waals surface area contributed by atoms with Crippen LogP contribution in [0.15, 0.2) is 24.3 Å². The van der Waals surface area contributed by atoms with Crippen LogP contribution in [0.4, 0.5) is 5.69 Å². The Balaban J connectivity index is 2.55. The van der Waals surface area contributed by atoms with E-state index in [0.717, 1.165) is 12.2 Å². The van der Waals surface area contributed by atoms with E-state index < -0.39 is 0 Å². The highest BCUT2D eigenvalue weighted by Gasteiger charge is 1.99. The first kappa shape index (κ1) is 10.9. The maximum Gasteiger partial charge on any atom is 0.0992 e. The zero-order valence-electron chi connectivity index (χ0n) is 8.45. The van der Waals surface area contributed by atoms with Crippen LogP contribution in [-0.4, -0.2) is 18.1 Å². The van der Waals surface area contributed by atoms with Gasteiger partial charge in [0.15, 0.2) is 0 Å². The van der Waals surface area contributed by atoms with E-state index in [-0.39, 0.29) is 0 Å². The Hall–Kier alpha value is -1.14. The number of anilines is 1. The molecule has 14 heavy (non-hydrogen) atoms. The van der Waals surface area contributed by atoms with Crippen molar-refractivity contribution in [3.8, 4) is 6.07 Å². The lowest BCUT2D eigenvalue weighted by Crippen LogP contribution is -2.12. The van der Waals surface area contributed by atoms with Gasteiger partial charge in [-0.25, -0.2) is 0 Å². The summed E-state index contributed by atoms with van der Waals surface area (Å²) >= 11 is 1.83. The van der Waals surface area contributed by atoms with Gasteiger partial charge in [0.1, 0.15) is 0 Å². The van der Waals surface area contributed by atoms with Crippen LogP contribution < -0.4 is 5.32 Å². The minimum atomic E-state index is 0.584. The molecule has 0 spiro atoms. The first-order valence-corrected chi connectivity index (χ1v) is 5.82. The molecule has 0 aliphatic rings. The molecule has 1 rings (SSSR count). The van der Waals surface area contributed by atoms with Gasteiger partial charge >= 0.3 is 0 Å². The molecule has 0 saturated carbocycles. The van der Waals surface area contributed by atoms with Crippen LogP contribution >= 0.6 is 11.8 Å². The van der Waals surface area contributed by atoms with Crippen LogP contribution in [0.1, 0.15) is 12.5 Å². The van der Waals surface area contributed by atoms with Gasteiger partial charge in [-0.2, -0.15) is 17.0 Å². The number of hydrogen-bond donors (Lipinski definition) is 1. The fraction of sp³-hybridized carbons (Fsp3) is 0.364. The molecule has 1 aromatic rings. The minimum absolute atomic E-state index is 0.584. The fourth-order valence-corrected chi connectivity index (χ4v) is 1.29. The van der Waals surface area contributed by atoms with E-state index in [4.69, 9.17) is 5.26 Å². The average Bonchev–Trinajstić information content (AvgIpc) is 2.26. The zero-order valence-corrected chi connectivity index (χ0v) is 9.27. The highest BCUT2D eigenvalue weighted by molar-refractivity contribution is 7.99. The summed E-state index contributed by atoms with van der Waals surface area (Å²) in [5.41, 5.74) is 1.72. The number of rotatable bonds is 4. The van der Waals surface area contributed by atoms with Gasteiger partial charge in [-0.1, -0.05) is 13.0 Å². The molecule has 74 valence electrons. The summed E-state index contributed by atoms with van der Waals surface area (Å²) in [6.45, 7) is 3.10. The molecule has 0 aliphatic heterocycles. The molecular formula is C11H14N2S. The van der Waals surface area contributed by atoms with E-state index >= 15 is 0 Å². The van der Waals surface area contributed by atoms with Crippen LogP contribution in [0, 0.1) is 11.3 Å². The van der Waals surface area contributed by atoms with Crippen molar-refractivity contribution in [1.82, 2.24) is 0 Å². The first-order chi connectivity index (χ1) is 6.76. The Morgan fingerprint density at radius 2 is 2.36 bits per heavy atom. The van der Waals surface area contributed by atoms with Crippen LogP contribution in [0.5, 0.6) is 0 Å². The summed E-state index contributed by atoms with van der Waals surface area (Å²) in [5, 5.41) is 12.6. The lowest BCUT2D eigenvalue weighted by Gasteiger charge is -2.10. The van der Waals surface area contributed by atoms with Crippen molar-refractivity contribution in [3.05, 3.63) is 29.8 Å². The molecule has 0 radical (unpaired) electrons. The van der Waals surface area contributed by atoms with E-state index in [0.29, 0.717) is 10.8 Å². The maximum absolute atomic E-state index is 8.70. The van der Waals surface area contributed by atoms with Crippen LogP contribution in [0.25, 0.3) is 0 Å². The van der Waals surface area contributed by atoms with Gasteiger partial charge in [0.05, 0.1) is 11.6 Å². The van der Waals surface area contributed by atoms with Gasteiger partial charge in [0.2, 0.25) is 0 Å². The van der Waals surface area contributed by atoms with E-state index in [1.807, 2.05) is 36.0 Å². The van der Waals surface area contributed by atoms with Gasteiger partial charge in [-0.05, 0) is 24.5 Å². The molecule has 0 heterocycles. The predicted molar refractivity (Wildman–Crippen MR) is 62.6 cm³/mol. The largest absolute Gasteiger partial charge is 0.384 e. The standard InChI is InChI=1S/C11H14N2S/c1-9(14-2)8-13-11-5-3-4-10(6-11)7-12/h3-6,9,13H,8H2,1-2H3. The van der Waals surface area contributed by atoms with Crippen molar-refractivity contribution in [2.45, 2.75) is 12.2 Å². The highest BCUT2D eigenvalue weighted by atomic mass is 32.2. The number of nitriles is 1. The third-order valence-corrected chi connectivity index (χ3v) is 2.96. The number of benzene rings is 1. The number of nitrogens with one attached hydrogen (secondary N) is 1. The van der Waals surface area contributed by atoms with Crippen LogP contribution in [0.3, 0.4) is 0 Å². The van der Waals surface area contributed by atoms with Gasteiger partial charge < -0.3 is 5.32 Å². The molecule has 0 fully saturated rings. The minimum Gasteiger partial charge on any atom is -0.384 e. The normalized spacial score (nSPS) is 11.8. The predicted octanol–water partition coefficient (Wildman–Crippen LogP) is 2.72. The second kappa shape index (κ2) is 5.56. The van der Waals surface area contributed by atoms with Crippen LogP contribution in [-0.2, 0) is 0 Å². The lowest BCUT2D eigenvalue weighted by atomic mass is 10.2.